The van der Waals surface area contributed by atoms with Crippen LogP contribution >= 0.6 is 46.6 Å². The van der Waals surface area contributed by atoms with Crippen LogP contribution in [-0.2, 0) is 14.3 Å². The summed E-state index contributed by atoms with van der Waals surface area (Å²) >= 11 is 8.84. The number of rotatable bonds is 6. The molecule has 2 aromatic carbocycles. The summed E-state index contributed by atoms with van der Waals surface area (Å²) in [6, 6.07) is 9.50. The van der Waals surface area contributed by atoms with Gasteiger partial charge in [-0.2, -0.15) is 0 Å². The minimum Gasteiger partial charge on any atom is -0.493 e. The Bertz CT molecular complexity index is 1100. The quantitative estimate of drug-likeness (QED) is 0.213. The Morgan fingerprint density at radius 2 is 1.97 bits per heavy atom. The molecule has 0 bridgehead atoms. The molecule has 0 spiro atoms. The molecule has 1 fully saturated rings. The normalized spacial score (nSPS) is 14.9. The monoisotopic (exact) mass is 569 g/mol. The first kappa shape index (κ1) is 23.6. The van der Waals surface area contributed by atoms with E-state index in [0.717, 1.165) is 25.9 Å². The third-order valence-electron chi connectivity index (χ3n) is 4.50. The highest BCUT2D eigenvalue weighted by molar-refractivity contribution is 14.1. The lowest BCUT2D eigenvalue weighted by Gasteiger charge is -2.17. The van der Waals surface area contributed by atoms with Gasteiger partial charge < -0.3 is 14.2 Å². The molecule has 1 saturated heterocycles. The number of amides is 1. The van der Waals surface area contributed by atoms with Crippen molar-refractivity contribution in [2.24, 2.45) is 0 Å². The molecule has 31 heavy (non-hydrogen) atoms. The largest absolute Gasteiger partial charge is 0.493 e. The van der Waals surface area contributed by atoms with Crippen molar-refractivity contribution in [3.05, 3.63) is 55.5 Å². The van der Waals surface area contributed by atoms with Crippen LogP contribution in [0.4, 0.5) is 5.69 Å². The lowest BCUT2D eigenvalue weighted by Crippen LogP contribution is -2.28. The molecule has 0 N–H and O–H groups in total. The van der Waals surface area contributed by atoms with Gasteiger partial charge >= 0.3 is 5.97 Å². The van der Waals surface area contributed by atoms with Crippen molar-refractivity contribution < 1.29 is 23.8 Å². The Hall–Kier alpha value is -2.11. The van der Waals surface area contributed by atoms with E-state index >= 15 is 0 Å². The molecular weight excluding hydrogens is 549 g/mol. The van der Waals surface area contributed by atoms with Gasteiger partial charge in [-0.15, -0.1) is 0 Å². The summed E-state index contributed by atoms with van der Waals surface area (Å²) in [5, 5.41) is 0. The second-order valence-corrected chi connectivity index (χ2v) is 9.54. The highest BCUT2D eigenvalue weighted by Crippen LogP contribution is 2.39. The summed E-state index contributed by atoms with van der Waals surface area (Å²) in [6.45, 7) is 3.75. The number of thiocarbonyl (C=S) groups is 1. The van der Waals surface area contributed by atoms with Gasteiger partial charge in [0.05, 0.1) is 28.4 Å². The highest BCUT2D eigenvalue weighted by Gasteiger charge is 2.34. The van der Waals surface area contributed by atoms with E-state index < -0.39 is 5.97 Å². The van der Waals surface area contributed by atoms with Gasteiger partial charge in [0.2, 0.25) is 0 Å². The van der Waals surface area contributed by atoms with Crippen LogP contribution in [0.1, 0.15) is 16.7 Å². The number of methoxy groups -OCH3 is 2. The molecular formula is C22H20INO5S2. The van der Waals surface area contributed by atoms with Gasteiger partial charge in [-0.3, -0.25) is 9.69 Å². The van der Waals surface area contributed by atoms with Crippen LogP contribution in [0, 0.1) is 17.4 Å². The average molecular weight is 569 g/mol. The van der Waals surface area contributed by atoms with E-state index in [-0.39, 0.29) is 12.5 Å². The van der Waals surface area contributed by atoms with Crippen LogP contribution in [0.2, 0.25) is 0 Å². The standard InChI is InChI=1S/C22H20INO5S2/c1-12-5-6-16(13(2)7-12)24-21(26)18(31-22(24)30)10-14-8-15(23)20(17(9-14)27-3)29-11-19(25)28-4/h5-10H,11H2,1-4H3/b18-10+. The second-order valence-electron chi connectivity index (χ2n) is 6.71. The van der Waals surface area contributed by atoms with Crippen LogP contribution in [-0.4, -0.2) is 37.0 Å². The molecule has 1 heterocycles. The van der Waals surface area contributed by atoms with Gasteiger partial charge in [-0.25, -0.2) is 4.79 Å². The molecule has 1 aliphatic heterocycles. The van der Waals surface area contributed by atoms with Gasteiger partial charge in [0.1, 0.15) is 0 Å². The number of thioether (sulfide) groups is 1. The molecule has 0 unspecified atom stereocenters. The molecule has 0 aromatic heterocycles. The van der Waals surface area contributed by atoms with Crippen molar-refractivity contribution in [2.45, 2.75) is 13.8 Å². The molecule has 2 aromatic rings. The fraction of sp³-hybridized carbons (Fsp3) is 0.227. The summed E-state index contributed by atoms with van der Waals surface area (Å²) in [7, 11) is 2.81. The number of hydrogen-bond donors (Lipinski definition) is 0. The summed E-state index contributed by atoms with van der Waals surface area (Å²) < 4.78 is 16.8. The van der Waals surface area contributed by atoms with Crippen molar-refractivity contribution >= 4 is 74.5 Å². The van der Waals surface area contributed by atoms with Crippen LogP contribution in [0.15, 0.2) is 35.2 Å². The van der Waals surface area contributed by atoms with Gasteiger partial charge in [0, 0.05) is 0 Å². The van der Waals surface area contributed by atoms with E-state index in [9.17, 15) is 9.59 Å². The fourth-order valence-corrected chi connectivity index (χ4v) is 5.10. The Labute approximate surface area is 204 Å². The van der Waals surface area contributed by atoms with Gasteiger partial charge in [0.25, 0.3) is 5.91 Å². The highest BCUT2D eigenvalue weighted by atomic mass is 127. The first-order valence-electron chi connectivity index (χ1n) is 9.17. The van der Waals surface area contributed by atoms with E-state index in [1.54, 1.807) is 17.0 Å². The number of anilines is 1. The zero-order valence-electron chi connectivity index (χ0n) is 17.4. The van der Waals surface area contributed by atoms with Crippen molar-refractivity contribution in [3.8, 4) is 11.5 Å². The Balaban J connectivity index is 1.91. The van der Waals surface area contributed by atoms with Crippen LogP contribution in [0.25, 0.3) is 6.08 Å². The lowest BCUT2D eigenvalue weighted by atomic mass is 10.1. The number of carbonyl (C=O) groups excluding carboxylic acids is 2. The zero-order valence-corrected chi connectivity index (χ0v) is 21.1. The number of halogens is 1. The molecule has 9 heteroatoms. The number of esters is 1. The number of benzene rings is 2. The smallest absolute Gasteiger partial charge is 0.343 e. The van der Waals surface area contributed by atoms with Crippen LogP contribution in [0.3, 0.4) is 0 Å². The number of carbonyl (C=O) groups is 2. The maximum Gasteiger partial charge on any atom is 0.343 e. The van der Waals surface area contributed by atoms with Crippen LogP contribution in [0.5, 0.6) is 11.5 Å². The van der Waals surface area contributed by atoms with Crippen molar-refractivity contribution in [1.82, 2.24) is 0 Å². The molecule has 1 amide bonds. The SMILES string of the molecule is COC(=O)COc1c(I)cc(/C=C2/SC(=S)N(c3ccc(C)cc3C)C2=O)cc1OC. The predicted octanol–water partition coefficient (Wildman–Crippen LogP) is 4.87. The third kappa shape index (κ3) is 5.21. The van der Waals surface area contributed by atoms with Gasteiger partial charge in [-0.05, 0) is 71.8 Å². The van der Waals surface area contributed by atoms with Gasteiger partial charge in [-0.1, -0.05) is 41.7 Å². The third-order valence-corrected chi connectivity index (χ3v) is 6.60. The zero-order chi connectivity index (χ0) is 22.7. The minimum absolute atomic E-state index is 0.165. The van der Waals surface area contributed by atoms with E-state index in [2.05, 4.69) is 27.3 Å². The Morgan fingerprint density at radius 3 is 2.61 bits per heavy atom. The first-order chi connectivity index (χ1) is 14.7. The van der Waals surface area contributed by atoms with E-state index in [0.29, 0.717) is 20.7 Å². The number of nitrogens with zero attached hydrogens (tertiary/aromatic N) is 1. The number of ether oxygens (including phenoxy) is 3. The molecule has 3 rings (SSSR count). The minimum atomic E-state index is -0.489. The van der Waals surface area contributed by atoms with Crippen molar-refractivity contribution in [1.29, 1.82) is 0 Å². The fourth-order valence-electron chi connectivity index (χ4n) is 3.04. The molecule has 1 aliphatic rings. The Morgan fingerprint density at radius 1 is 1.23 bits per heavy atom. The maximum atomic E-state index is 13.1. The summed E-state index contributed by atoms with van der Waals surface area (Å²) in [5.41, 5.74) is 3.65. The van der Waals surface area contributed by atoms with Crippen molar-refractivity contribution in [3.63, 3.8) is 0 Å². The second kappa shape index (κ2) is 10.0. The molecule has 6 nitrogen and oxygen atoms in total. The predicted molar refractivity (Wildman–Crippen MR) is 135 cm³/mol. The molecule has 0 aliphatic carbocycles. The average Bonchev–Trinajstić information content (AvgIpc) is 2.99. The molecule has 0 saturated carbocycles. The number of aryl methyl sites for hydroxylation is 2. The van der Waals surface area contributed by atoms with E-state index in [1.165, 1.54) is 26.0 Å². The van der Waals surface area contributed by atoms with Crippen molar-refractivity contribution in [2.75, 3.05) is 25.7 Å². The Kier molecular flexibility index (Phi) is 7.60. The van der Waals surface area contributed by atoms with Crippen LogP contribution < -0.4 is 14.4 Å². The first-order valence-corrected chi connectivity index (χ1v) is 11.5. The molecule has 0 atom stereocenters. The summed E-state index contributed by atoms with van der Waals surface area (Å²) in [4.78, 5) is 26.6. The molecule has 0 radical (unpaired) electrons. The lowest BCUT2D eigenvalue weighted by molar-refractivity contribution is -0.142. The molecule has 162 valence electrons. The van der Waals surface area contributed by atoms with E-state index in [1.807, 2.05) is 38.1 Å². The summed E-state index contributed by atoms with van der Waals surface area (Å²) in [5.74, 6) is 0.235. The number of hydrogen-bond acceptors (Lipinski definition) is 7. The van der Waals surface area contributed by atoms with Gasteiger partial charge in [0.15, 0.2) is 22.4 Å². The maximum absolute atomic E-state index is 13.1. The topological polar surface area (TPSA) is 65.1 Å². The summed E-state index contributed by atoms with van der Waals surface area (Å²) in [6.07, 6.45) is 1.78. The van der Waals surface area contributed by atoms with E-state index in [4.69, 9.17) is 21.7 Å².